The molecular formula is C7H5F3N2O3. The molecule has 8 heteroatoms. The molecule has 0 radical (unpaired) electrons. The summed E-state index contributed by atoms with van der Waals surface area (Å²) in [6.07, 6.45) is -4.06. The number of nitrogens with zero attached hydrogens (tertiary/aromatic N) is 2. The summed E-state index contributed by atoms with van der Waals surface area (Å²) in [5.74, 6) is -2.62. The van der Waals surface area contributed by atoms with Gasteiger partial charge in [0.1, 0.15) is 5.82 Å². The third-order valence-electron chi connectivity index (χ3n) is 1.38. The van der Waals surface area contributed by atoms with Crippen LogP contribution in [0, 0.1) is 6.92 Å². The summed E-state index contributed by atoms with van der Waals surface area (Å²) in [6, 6.07) is 0.872. The van der Waals surface area contributed by atoms with Gasteiger partial charge in [0.15, 0.2) is 0 Å². The zero-order valence-corrected chi connectivity index (χ0v) is 7.41. The van der Waals surface area contributed by atoms with Crippen LogP contribution >= 0.6 is 0 Å². The Balaban J connectivity index is 3.01. The van der Waals surface area contributed by atoms with E-state index in [4.69, 9.17) is 0 Å². The molecule has 0 bridgehead atoms. The summed E-state index contributed by atoms with van der Waals surface area (Å²) in [4.78, 5) is 28.7. The normalized spacial score (nSPS) is 11.2. The van der Waals surface area contributed by atoms with Crippen LogP contribution in [0.2, 0.25) is 0 Å². The quantitative estimate of drug-likeness (QED) is 0.674. The average Bonchev–Trinajstić information content (AvgIpc) is 2.09. The van der Waals surface area contributed by atoms with Crippen molar-refractivity contribution in [3.8, 4) is 0 Å². The first-order valence-corrected chi connectivity index (χ1v) is 3.66. The van der Waals surface area contributed by atoms with Gasteiger partial charge < -0.3 is 4.84 Å². The number of alkyl halides is 3. The first-order chi connectivity index (χ1) is 6.82. The smallest absolute Gasteiger partial charge is 0.323 e. The highest BCUT2D eigenvalue weighted by Crippen LogP contribution is 2.14. The summed E-state index contributed by atoms with van der Waals surface area (Å²) in [5.41, 5.74) is -0.903. The van der Waals surface area contributed by atoms with E-state index in [0.717, 1.165) is 12.3 Å². The second-order valence-corrected chi connectivity index (χ2v) is 2.50. The number of hydrogen-bond donors (Lipinski definition) is 0. The van der Waals surface area contributed by atoms with E-state index < -0.39 is 17.7 Å². The van der Waals surface area contributed by atoms with Gasteiger partial charge in [0.05, 0.1) is 0 Å². The van der Waals surface area contributed by atoms with E-state index in [2.05, 4.69) is 9.82 Å². The van der Waals surface area contributed by atoms with E-state index in [1.807, 2.05) is 0 Å². The maximum atomic E-state index is 11.8. The maximum absolute atomic E-state index is 11.8. The molecule has 1 rings (SSSR count). The van der Waals surface area contributed by atoms with Gasteiger partial charge in [0.25, 0.3) is 5.56 Å². The Morgan fingerprint density at radius 2 is 2.13 bits per heavy atom. The molecule has 5 nitrogen and oxygen atoms in total. The number of aryl methyl sites for hydroxylation is 1. The molecule has 15 heavy (non-hydrogen) atoms. The highest BCUT2D eigenvalue weighted by atomic mass is 19.4. The molecule has 82 valence electrons. The van der Waals surface area contributed by atoms with E-state index in [1.165, 1.54) is 6.92 Å². The van der Waals surface area contributed by atoms with Crippen LogP contribution in [-0.2, 0) is 4.79 Å². The fourth-order valence-electron chi connectivity index (χ4n) is 0.734. The topological polar surface area (TPSA) is 61.2 Å². The van der Waals surface area contributed by atoms with Gasteiger partial charge in [0, 0.05) is 12.3 Å². The van der Waals surface area contributed by atoms with Gasteiger partial charge in [-0.3, -0.25) is 4.79 Å². The van der Waals surface area contributed by atoms with Crippen molar-refractivity contribution in [2.75, 3.05) is 0 Å². The molecule has 0 spiro atoms. The molecule has 0 aromatic carbocycles. The van der Waals surface area contributed by atoms with Crippen LogP contribution in [0.15, 0.2) is 17.1 Å². The Morgan fingerprint density at radius 3 is 2.60 bits per heavy atom. The summed E-state index contributed by atoms with van der Waals surface area (Å²) in [7, 11) is 0. The van der Waals surface area contributed by atoms with E-state index in [0.29, 0.717) is 0 Å². The van der Waals surface area contributed by atoms with Crippen molar-refractivity contribution in [1.29, 1.82) is 0 Å². The van der Waals surface area contributed by atoms with Crippen molar-refractivity contribution in [2.24, 2.45) is 0 Å². The Kier molecular flexibility index (Phi) is 2.78. The molecule has 1 heterocycles. The molecular weight excluding hydrogens is 217 g/mol. The molecule has 0 unspecified atom stereocenters. The molecule has 0 saturated carbocycles. The lowest BCUT2D eigenvalue weighted by Gasteiger charge is -2.09. The van der Waals surface area contributed by atoms with Crippen molar-refractivity contribution >= 4 is 5.97 Å². The summed E-state index contributed by atoms with van der Waals surface area (Å²) in [5, 5.41) is 0. The first kappa shape index (κ1) is 11.2. The van der Waals surface area contributed by atoms with Gasteiger partial charge in [-0.2, -0.15) is 13.2 Å². The summed E-state index contributed by atoms with van der Waals surface area (Å²) in [6.45, 7) is 1.23. The lowest BCUT2D eigenvalue weighted by Crippen LogP contribution is -2.39. The van der Waals surface area contributed by atoms with Gasteiger partial charge in [-0.25, -0.2) is 9.78 Å². The fourth-order valence-corrected chi connectivity index (χ4v) is 0.734. The minimum Gasteiger partial charge on any atom is -0.323 e. The van der Waals surface area contributed by atoms with Crippen LogP contribution in [0.3, 0.4) is 0 Å². The molecule has 0 amide bonds. The van der Waals surface area contributed by atoms with Gasteiger partial charge >= 0.3 is 12.1 Å². The van der Waals surface area contributed by atoms with E-state index in [1.54, 1.807) is 0 Å². The van der Waals surface area contributed by atoms with Gasteiger partial charge in [-0.15, -0.1) is 4.73 Å². The van der Waals surface area contributed by atoms with Crippen molar-refractivity contribution in [3.63, 3.8) is 0 Å². The Morgan fingerprint density at radius 1 is 1.53 bits per heavy atom. The van der Waals surface area contributed by atoms with Crippen molar-refractivity contribution in [1.82, 2.24) is 9.71 Å². The number of rotatable bonds is 1. The zero-order chi connectivity index (χ0) is 11.6. The molecule has 0 saturated heterocycles. The summed E-state index contributed by atoms with van der Waals surface area (Å²) < 4.78 is 35.5. The number of carbonyl (C=O) groups is 1. The van der Waals surface area contributed by atoms with Crippen LogP contribution in [0.25, 0.3) is 0 Å². The predicted octanol–water partition coefficient (Wildman–Crippen LogP) is 0.0692. The van der Waals surface area contributed by atoms with Crippen LogP contribution < -0.4 is 10.4 Å². The van der Waals surface area contributed by atoms with Gasteiger partial charge in [0.2, 0.25) is 0 Å². The SMILES string of the molecule is Cc1nccc(=O)n1OC(=O)C(F)(F)F. The van der Waals surface area contributed by atoms with E-state index >= 15 is 0 Å². The third-order valence-corrected chi connectivity index (χ3v) is 1.38. The van der Waals surface area contributed by atoms with E-state index in [9.17, 15) is 22.8 Å². The molecule has 0 aliphatic carbocycles. The standard InChI is InChI=1S/C7H5F3N2O3/c1-4-11-3-2-5(13)12(4)15-6(14)7(8,9)10/h2-3H,1H3. The van der Waals surface area contributed by atoms with Crippen molar-refractivity contribution in [2.45, 2.75) is 13.1 Å². The minimum absolute atomic E-state index is 0.153. The Labute approximate surface area is 81.1 Å². The number of hydrogen-bond acceptors (Lipinski definition) is 4. The summed E-state index contributed by atoms with van der Waals surface area (Å²) >= 11 is 0. The molecule has 1 aromatic rings. The number of aromatic nitrogens is 2. The van der Waals surface area contributed by atoms with Crippen molar-refractivity contribution < 1.29 is 22.8 Å². The lowest BCUT2D eigenvalue weighted by molar-refractivity contribution is -0.200. The molecule has 0 aliphatic rings. The van der Waals surface area contributed by atoms with Crippen LogP contribution in [0.1, 0.15) is 5.82 Å². The average molecular weight is 222 g/mol. The fraction of sp³-hybridized carbons (Fsp3) is 0.286. The predicted molar refractivity (Wildman–Crippen MR) is 40.9 cm³/mol. The monoisotopic (exact) mass is 222 g/mol. The van der Waals surface area contributed by atoms with Crippen LogP contribution in [-0.4, -0.2) is 21.9 Å². The minimum atomic E-state index is -5.15. The van der Waals surface area contributed by atoms with Gasteiger partial charge in [-0.05, 0) is 6.92 Å². The van der Waals surface area contributed by atoms with Crippen molar-refractivity contribution in [3.05, 3.63) is 28.4 Å². The van der Waals surface area contributed by atoms with Gasteiger partial charge in [-0.1, -0.05) is 0 Å². The van der Waals surface area contributed by atoms with Crippen LogP contribution in [0.5, 0.6) is 0 Å². The Hall–Kier alpha value is -1.86. The maximum Gasteiger partial charge on any atom is 0.493 e. The van der Waals surface area contributed by atoms with Crippen LogP contribution in [0.4, 0.5) is 13.2 Å². The van der Waals surface area contributed by atoms with E-state index in [-0.39, 0.29) is 10.6 Å². The first-order valence-electron chi connectivity index (χ1n) is 3.66. The lowest BCUT2D eigenvalue weighted by atomic mass is 10.6. The molecule has 0 aliphatic heterocycles. The molecule has 0 fully saturated rings. The Bertz CT molecular complexity index is 438. The molecule has 1 aromatic heterocycles. The zero-order valence-electron chi connectivity index (χ0n) is 7.41. The second-order valence-electron chi connectivity index (χ2n) is 2.50. The second kappa shape index (κ2) is 3.71. The molecule has 0 atom stereocenters. The highest BCUT2D eigenvalue weighted by Gasteiger charge is 2.42. The third kappa shape index (κ3) is 2.55. The number of halogens is 3. The highest BCUT2D eigenvalue weighted by molar-refractivity contribution is 5.75. The largest absolute Gasteiger partial charge is 0.493 e. The number of carbonyl (C=O) groups excluding carboxylic acids is 1. The molecule has 0 N–H and O–H groups in total.